The fraction of sp³-hybridized carbons (Fsp3) is 0.250. The van der Waals surface area contributed by atoms with Crippen LogP contribution in [0.4, 0.5) is 8.78 Å². The van der Waals surface area contributed by atoms with Gasteiger partial charge < -0.3 is 10.4 Å². The van der Waals surface area contributed by atoms with Crippen LogP contribution in [-0.4, -0.2) is 11.2 Å². The van der Waals surface area contributed by atoms with Crippen molar-refractivity contribution < 1.29 is 13.9 Å². The van der Waals surface area contributed by atoms with Crippen molar-refractivity contribution in [1.29, 1.82) is 0 Å². The summed E-state index contributed by atoms with van der Waals surface area (Å²) in [5, 5.41) is 13.3. The van der Waals surface area contributed by atoms with Gasteiger partial charge in [0, 0.05) is 19.0 Å². The Bertz CT molecular complexity index is 609. The Labute approximate surface area is 116 Å². The standard InChI is InChI=1S/C16H15F2NO/c17-12-5-10(6-13(18)8-12)9-19-16-14-4-2-1-3-11(14)7-15(16)20/h1-6,8,15-16,19-20H,7,9H2/t15-,16+/m0/s1. The van der Waals surface area contributed by atoms with Gasteiger partial charge in [0.05, 0.1) is 12.1 Å². The number of rotatable bonds is 3. The van der Waals surface area contributed by atoms with Crippen molar-refractivity contribution in [3.05, 3.63) is 70.8 Å². The van der Waals surface area contributed by atoms with Crippen molar-refractivity contribution in [1.82, 2.24) is 5.32 Å². The van der Waals surface area contributed by atoms with Gasteiger partial charge in [-0.2, -0.15) is 0 Å². The highest BCUT2D eigenvalue weighted by Gasteiger charge is 2.30. The molecule has 1 aliphatic rings. The fourth-order valence-electron chi connectivity index (χ4n) is 2.76. The normalized spacial score (nSPS) is 20.9. The van der Waals surface area contributed by atoms with Crippen LogP contribution in [0.1, 0.15) is 22.7 Å². The van der Waals surface area contributed by atoms with Crippen LogP contribution in [0.15, 0.2) is 42.5 Å². The molecule has 0 aromatic heterocycles. The van der Waals surface area contributed by atoms with E-state index in [0.29, 0.717) is 18.5 Å². The lowest BCUT2D eigenvalue weighted by atomic mass is 10.1. The number of hydrogen-bond donors (Lipinski definition) is 2. The van der Waals surface area contributed by atoms with Gasteiger partial charge in [-0.15, -0.1) is 0 Å². The van der Waals surface area contributed by atoms with Crippen LogP contribution in [0.25, 0.3) is 0 Å². The molecule has 4 heteroatoms. The van der Waals surface area contributed by atoms with Gasteiger partial charge in [0.1, 0.15) is 11.6 Å². The summed E-state index contributed by atoms with van der Waals surface area (Å²) in [5.74, 6) is -1.18. The van der Waals surface area contributed by atoms with Crippen LogP contribution in [0.3, 0.4) is 0 Å². The van der Waals surface area contributed by atoms with Gasteiger partial charge in [-0.05, 0) is 28.8 Å². The molecular formula is C16H15F2NO. The summed E-state index contributed by atoms with van der Waals surface area (Å²) in [6, 6.07) is 11.1. The maximum atomic E-state index is 13.1. The highest BCUT2D eigenvalue weighted by molar-refractivity contribution is 5.36. The molecular weight excluding hydrogens is 260 g/mol. The fourth-order valence-corrected chi connectivity index (χ4v) is 2.76. The molecule has 0 unspecified atom stereocenters. The summed E-state index contributed by atoms with van der Waals surface area (Å²) in [6.45, 7) is 0.310. The third-order valence-corrected chi connectivity index (χ3v) is 3.65. The molecule has 2 N–H and O–H groups in total. The van der Waals surface area contributed by atoms with E-state index in [4.69, 9.17) is 0 Å². The first kappa shape index (κ1) is 13.2. The quantitative estimate of drug-likeness (QED) is 0.902. The molecule has 0 bridgehead atoms. The summed E-state index contributed by atoms with van der Waals surface area (Å²) in [4.78, 5) is 0. The molecule has 0 saturated heterocycles. The van der Waals surface area contributed by atoms with Gasteiger partial charge in [-0.3, -0.25) is 0 Å². The second-order valence-corrected chi connectivity index (χ2v) is 5.11. The van der Waals surface area contributed by atoms with Crippen LogP contribution in [0.2, 0.25) is 0 Å². The molecule has 0 amide bonds. The van der Waals surface area contributed by atoms with Crippen molar-refractivity contribution >= 4 is 0 Å². The summed E-state index contributed by atoms with van der Waals surface area (Å²) in [5.41, 5.74) is 2.69. The maximum absolute atomic E-state index is 13.1. The number of benzene rings is 2. The molecule has 1 aliphatic carbocycles. The second kappa shape index (κ2) is 5.31. The first-order valence-electron chi connectivity index (χ1n) is 6.58. The predicted octanol–water partition coefficient (Wildman–Crippen LogP) is 2.71. The zero-order valence-electron chi connectivity index (χ0n) is 10.8. The third-order valence-electron chi connectivity index (χ3n) is 3.65. The molecule has 0 fully saturated rings. The number of aliphatic hydroxyl groups is 1. The van der Waals surface area contributed by atoms with E-state index in [1.54, 1.807) is 0 Å². The van der Waals surface area contributed by atoms with Crippen LogP contribution < -0.4 is 5.32 Å². The van der Waals surface area contributed by atoms with Crippen LogP contribution in [0.5, 0.6) is 0 Å². The van der Waals surface area contributed by atoms with Crippen molar-refractivity contribution in [2.75, 3.05) is 0 Å². The average Bonchev–Trinajstić information content (AvgIpc) is 2.71. The molecule has 0 radical (unpaired) electrons. The van der Waals surface area contributed by atoms with E-state index in [9.17, 15) is 13.9 Å². The minimum Gasteiger partial charge on any atom is -0.391 e. The minimum absolute atomic E-state index is 0.197. The van der Waals surface area contributed by atoms with Gasteiger partial charge >= 0.3 is 0 Å². The molecule has 0 heterocycles. The lowest BCUT2D eigenvalue weighted by Gasteiger charge is -2.18. The van der Waals surface area contributed by atoms with Crippen molar-refractivity contribution in [3.8, 4) is 0 Å². The molecule has 2 aromatic rings. The zero-order chi connectivity index (χ0) is 14.1. The van der Waals surface area contributed by atoms with Gasteiger partial charge in [0.2, 0.25) is 0 Å². The van der Waals surface area contributed by atoms with Crippen LogP contribution in [0, 0.1) is 11.6 Å². The Balaban J connectivity index is 1.75. The summed E-state index contributed by atoms with van der Waals surface area (Å²) in [7, 11) is 0. The molecule has 3 rings (SSSR count). The lowest BCUT2D eigenvalue weighted by Crippen LogP contribution is -2.28. The molecule has 2 aromatic carbocycles. The zero-order valence-corrected chi connectivity index (χ0v) is 10.8. The van der Waals surface area contributed by atoms with E-state index in [-0.39, 0.29) is 6.04 Å². The third kappa shape index (κ3) is 2.57. The lowest BCUT2D eigenvalue weighted by molar-refractivity contribution is 0.140. The van der Waals surface area contributed by atoms with E-state index in [1.807, 2.05) is 24.3 Å². The monoisotopic (exact) mass is 275 g/mol. The molecule has 2 atom stereocenters. The van der Waals surface area contributed by atoms with Crippen LogP contribution >= 0.6 is 0 Å². The van der Waals surface area contributed by atoms with Gasteiger partial charge in [-0.1, -0.05) is 24.3 Å². The van der Waals surface area contributed by atoms with Crippen molar-refractivity contribution in [2.24, 2.45) is 0 Å². The van der Waals surface area contributed by atoms with E-state index >= 15 is 0 Å². The minimum atomic E-state index is -0.589. The SMILES string of the molecule is O[C@H]1Cc2ccccc2[C@H]1NCc1cc(F)cc(F)c1. The summed E-state index contributed by atoms with van der Waals surface area (Å²) < 4.78 is 26.3. The second-order valence-electron chi connectivity index (χ2n) is 5.11. The van der Waals surface area contributed by atoms with E-state index in [0.717, 1.165) is 17.2 Å². The Kier molecular flexibility index (Phi) is 3.51. The Hall–Kier alpha value is -1.78. The number of nitrogens with one attached hydrogen (secondary N) is 1. The smallest absolute Gasteiger partial charge is 0.126 e. The summed E-state index contributed by atoms with van der Waals surface area (Å²) in [6.07, 6.45) is 0.0940. The molecule has 20 heavy (non-hydrogen) atoms. The number of halogens is 2. The maximum Gasteiger partial charge on any atom is 0.126 e. The van der Waals surface area contributed by atoms with E-state index in [2.05, 4.69) is 5.32 Å². The number of hydrogen-bond acceptors (Lipinski definition) is 2. The molecule has 0 aliphatic heterocycles. The van der Waals surface area contributed by atoms with E-state index < -0.39 is 17.7 Å². The highest BCUT2D eigenvalue weighted by Crippen LogP contribution is 2.31. The average molecular weight is 275 g/mol. The molecule has 104 valence electrons. The molecule has 0 saturated carbocycles. The number of aliphatic hydroxyl groups excluding tert-OH is 1. The number of fused-ring (bicyclic) bond motifs is 1. The Morgan fingerprint density at radius 2 is 1.80 bits per heavy atom. The van der Waals surface area contributed by atoms with E-state index in [1.165, 1.54) is 12.1 Å². The first-order valence-corrected chi connectivity index (χ1v) is 6.58. The summed E-state index contributed by atoms with van der Waals surface area (Å²) >= 11 is 0. The molecule has 0 spiro atoms. The van der Waals surface area contributed by atoms with Crippen molar-refractivity contribution in [2.45, 2.75) is 25.1 Å². The topological polar surface area (TPSA) is 32.3 Å². The Morgan fingerprint density at radius 1 is 1.10 bits per heavy atom. The van der Waals surface area contributed by atoms with Gasteiger partial charge in [0.15, 0.2) is 0 Å². The van der Waals surface area contributed by atoms with Gasteiger partial charge in [0.25, 0.3) is 0 Å². The molecule has 2 nitrogen and oxygen atoms in total. The van der Waals surface area contributed by atoms with Crippen molar-refractivity contribution in [3.63, 3.8) is 0 Å². The Morgan fingerprint density at radius 3 is 2.55 bits per heavy atom. The van der Waals surface area contributed by atoms with Crippen LogP contribution in [-0.2, 0) is 13.0 Å². The first-order chi connectivity index (χ1) is 9.63. The predicted molar refractivity (Wildman–Crippen MR) is 72.1 cm³/mol. The highest BCUT2D eigenvalue weighted by atomic mass is 19.1. The largest absolute Gasteiger partial charge is 0.391 e. The van der Waals surface area contributed by atoms with Gasteiger partial charge in [-0.25, -0.2) is 8.78 Å².